The fourth-order valence-corrected chi connectivity index (χ4v) is 1.92. The fourth-order valence-electron chi connectivity index (χ4n) is 1.56. The zero-order valence-corrected chi connectivity index (χ0v) is 12.2. The number of hydrogen-bond donors (Lipinski definition) is 1. The lowest BCUT2D eigenvalue weighted by molar-refractivity contribution is 0.112. The summed E-state index contributed by atoms with van der Waals surface area (Å²) in [5, 5.41) is 3.45. The minimum absolute atomic E-state index is 0.313. The van der Waals surface area contributed by atoms with E-state index in [9.17, 15) is 0 Å². The Morgan fingerprint density at radius 2 is 1.94 bits per heavy atom. The number of hydrogen-bond acceptors (Lipinski definition) is 2. The van der Waals surface area contributed by atoms with Crippen LogP contribution in [-0.4, -0.2) is 19.8 Å². The van der Waals surface area contributed by atoms with Crippen molar-refractivity contribution in [1.82, 2.24) is 5.32 Å². The molecule has 1 aromatic rings. The molecule has 0 bridgehead atoms. The Balaban J connectivity index is 2.57. The summed E-state index contributed by atoms with van der Waals surface area (Å²) in [5.74, 6) is 0. The minimum Gasteiger partial charge on any atom is -0.379 e. The number of benzene rings is 1. The van der Waals surface area contributed by atoms with Gasteiger partial charge in [0, 0.05) is 10.2 Å². The highest BCUT2D eigenvalue weighted by Gasteiger charge is 2.09. The van der Waals surface area contributed by atoms with Crippen molar-refractivity contribution in [2.45, 2.75) is 26.3 Å². The SMILES string of the molecule is CCCOCC(NCC)c1ccc(I)cc1. The van der Waals surface area contributed by atoms with Crippen LogP contribution < -0.4 is 5.32 Å². The molecule has 90 valence electrons. The Labute approximate surface area is 112 Å². The van der Waals surface area contributed by atoms with Crippen molar-refractivity contribution in [1.29, 1.82) is 0 Å². The van der Waals surface area contributed by atoms with E-state index in [0.29, 0.717) is 6.04 Å². The molecule has 0 fully saturated rings. The first kappa shape index (κ1) is 13.9. The van der Waals surface area contributed by atoms with Crippen LogP contribution in [0.5, 0.6) is 0 Å². The highest BCUT2D eigenvalue weighted by atomic mass is 127. The average Bonchev–Trinajstić information content (AvgIpc) is 2.29. The molecule has 1 atom stereocenters. The molecule has 16 heavy (non-hydrogen) atoms. The molecule has 0 heterocycles. The van der Waals surface area contributed by atoms with Gasteiger partial charge in [0.2, 0.25) is 0 Å². The third kappa shape index (κ3) is 4.80. The van der Waals surface area contributed by atoms with Gasteiger partial charge in [-0.25, -0.2) is 0 Å². The maximum absolute atomic E-state index is 5.62. The van der Waals surface area contributed by atoms with E-state index in [0.717, 1.165) is 26.2 Å². The highest BCUT2D eigenvalue weighted by Crippen LogP contribution is 2.15. The molecule has 0 saturated heterocycles. The van der Waals surface area contributed by atoms with Crippen LogP contribution >= 0.6 is 22.6 Å². The molecule has 0 amide bonds. The van der Waals surface area contributed by atoms with Gasteiger partial charge in [-0.05, 0) is 53.3 Å². The second kappa shape index (κ2) is 8.03. The second-order valence-electron chi connectivity index (χ2n) is 3.74. The summed E-state index contributed by atoms with van der Waals surface area (Å²) in [5.41, 5.74) is 1.30. The maximum Gasteiger partial charge on any atom is 0.0661 e. The molecule has 1 unspecified atom stereocenters. The molecule has 1 aromatic carbocycles. The van der Waals surface area contributed by atoms with E-state index in [2.05, 4.69) is 66.0 Å². The summed E-state index contributed by atoms with van der Waals surface area (Å²) in [6, 6.07) is 8.93. The molecule has 2 nitrogen and oxygen atoms in total. The molecular weight excluding hydrogens is 313 g/mol. The second-order valence-corrected chi connectivity index (χ2v) is 4.98. The Hall–Kier alpha value is -0.130. The molecule has 0 aromatic heterocycles. The van der Waals surface area contributed by atoms with Gasteiger partial charge in [-0.15, -0.1) is 0 Å². The molecule has 0 saturated carbocycles. The Morgan fingerprint density at radius 3 is 2.50 bits per heavy atom. The molecule has 0 spiro atoms. The number of halogens is 1. The number of likely N-dealkylation sites (N-methyl/N-ethyl adjacent to an activating group) is 1. The fraction of sp³-hybridized carbons (Fsp3) is 0.538. The van der Waals surface area contributed by atoms with E-state index in [1.54, 1.807) is 0 Å². The molecule has 0 aliphatic carbocycles. The summed E-state index contributed by atoms with van der Waals surface area (Å²) < 4.78 is 6.89. The van der Waals surface area contributed by atoms with Crippen LogP contribution in [-0.2, 0) is 4.74 Å². The van der Waals surface area contributed by atoms with Crippen molar-refractivity contribution in [2.24, 2.45) is 0 Å². The highest BCUT2D eigenvalue weighted by molar-refractivity contribution is 14.1. The van der Waals surface area contributed by atoms with Gasteiger partial charge in [0.05, 0.1) is 12.6 Å². The normalized spacial score (nSPS) is 12.7. The van der Waals surface area contributed by atoms with Gasteiger partial charge < -0.3 is 10.1 Å². The van der Waals surface area contributed by atoms with Crippen molar-refractivity contribution in [3.63, 3.8) is 0 Å². The van der Waals surface area contributed by atoms with Gasteiger partial charge in [-0.2, -0.15) is 0 Å². The van der Waals surface area contributed by atoms with Gasteiger partial charge in [0.25, 0.3) is 0 Å². The van der Waals surface area contributed by atoms with Gasteiger partial charge in [0.15, 0.2) is 0 Å². The quantitative estimate of drug-likeness (QED) is 0.610. The molecule has 3 heteroatoms. The Morgan fingerprint density at radius 1 is 1.25 bits per heavy atom. The molecular formula is C13H20INO. The van der Waals surface area contributed by atoms with Crippen LogP contribution in [0.1, 0.15) is 31.9 Å². The first-order valence-corrected chi connectivity index (χ1v) is 6.92. The van der Waals surface area contributed by atoms with Crippen molar-refractivity contribution in [3.8, 4) is 0 Å². The summed E-state index contributed by atoms with van der Waals surface area (Å²) in [4.78, 5) is 0. The van der Waals surface area contributed by atoms with E-state index in [1.165, 1.54) is 9.13 Å². The van der Waals surface area contributed by atoms with E-state index in [4.69, 9.17) is 4.74 Å². The predicted molar refractivity (Wildman–Crippen MR) is 76.7 cm³/mol. The first-order valence-electron chi connectivity index (χ1n) is 5.84. The van der Waals surface area contributed by atoms with Crippen LogP contribution in [0, 0.1) is 3.57 Å². The predicted octanol–water partition coefficient (Wildman–Crippen LogP) is 3.37. The average molecular weight is 333 g/mol. The van der Waals surface area contributed by atoms with E-state index < -0.39 is 0 Å². The van der Waals surface area contributed by atoms with Crippen molar-refractivity contribution >= 4 is 22.6 Å². The third-order valence-electron chi connectivity index (χ3n) is 2.36. The summed E-state index contributed by atoms with van der Waals surface area (Å²) in [7, 11) is 0. The largest absolute Gasteiger partial charge is 0.379 e. The lowest BCUT2D eigenvalue weighted by Gasteiger charge is -2.18. The van der Waals surface area contributed by atoms with Crippen molar-refractivity contribution in [3.05, 3.63) is 33.4 Å². The number of ether oxygens (including phenoxy) is 1. The minimum atomic E-state index is 0.313. The van der Waals surface area contributed by atoms with Crippen molar-refractivity contribution < 1.29 is 4.74 Å². The zero-order valence-electron chi connectivity index (χ0n) is 10.0. The van der Waals surface area contributed by atoms with Crippen LogP contribution in [0.3, 0.4) is 0 Å². The van der Waals surface area contributed by atoms with Gasteiger partial charge in [-0.3, -0.25) is 0 Å². The smallest absolute Gasteiger partial charge is 0.0661 e. The first-order chi connectivity index (χ1) is 7.77. The van der Waals surface area contributed by atoms with Crippen molar-refractivity contribution in [2.75, 3.05) is 19.8 Å². The molecule has 1 N–H and O–H groups in total. The van der Waals surface area contributed by atoms with Crippen LogP contribution in [0.25, 0.3) is 0 Å². The zero-order chi connectivity index (χ0) is 11.8. The maximum atomic E-state index is 5.62. The van der Waals surface area contributed by atoms with E-state index in [1.807, 2.05) is 0 Å². The van der Waals surface area contributed by atoms with Crippen LogP contribution in [0.2, 0.25) is 0 Å². The molecule has 1 rings (SSSR count). The van der Waals surface area contributed by atoms with Crippen LogP contribution in [0.4, 0.5) is 0 Å². The molecule has 0 radical (unpaired) electrons. The van der Waals surface area contributed by atoms with Gasteiger partial charge >= 0.3 is 0 Å². The van der Waals surface area contributed by atoms with Gasteiger partial charge in [0.1, 0.15) is 0 Å². The molecule has 0 aliphatic rings. The monoisotopic (exact) mass is 333 g/mol. The number of nitrogens with one attached hydrogen (secondary N) is 1. The summed E-state index contributed by atoms with van der Waals surface area (Å²) in [6.07, 6.45) is 1.07. The topological polar surface area (TPSA) is 21.3 Å². The van der Waals surface area contributed by atoms with Crippen LogP contribution in [0.15, 0.2) is 24.3 Å². The lowest BCUT2D eigenvalue weighted by Crippen LogP contribution is -2.25. The molecule has 0 aliphatic heterocycles. The lowest BCUT2D eigenvalue weighted by atomic mass is 10.1. The Bertz CT molecular complexity index is 286. The van der Waals surface area contributed by atoms with Gasteiger partial charge in [-0.1, -0.05) is 26.0 Å². The standard InChI is InChI=1S/C13H20INO/c1-3-9-16-10-13(15-4-2)11-5-7-12(14)8-6-11/h5-8,13,15H,3-4,9-10H2,1-2H3. The van der Waals surface area contributed by atoms with E-state index >= 15 is 0 Å². The third-order valence-corrected chi connectivity index (χ3v) is 3.08. The van der Waals surface area contributed by atoms with E-state index in [-0.39, 0.29) is 0 Å². The summed E-state index contributed by atoms with van der Waals surface area (Å²) in [6.45, 7) is 6.81. The Kier molecular flexibility index (Phi) is 7.00. The summed E-state index contributed by atoms with van der Waals surface area (Å²) >= 11 is 2.32. The number of rotatable bonds is 7.